The largest absolute Gasteiger partial charge is 0.497 e. The highest BCUT2D eigenvalue weighted by molar-refractivity contribution is 8.00. The van der Waals surface area contributed by atoms with Gasteiger partial charge in [-0.3, -0.25) is 4.79 Å². The van der Waals surface area contributed by atoms with E-state index in [4.69, 9.17) is 9.15 Å². The SMILES string of the molecule is COc1cccc(C(=O)CSc2nc(-c3ccco3)nc3ccccc23)c1. The molecule has 2 aromatic carbocycles. The molecule has 6 heteroatoms. The highest BCUT2D eigenvalue weighted by Crippen LogP contribution is 2.29. The van der Waals surface area contributed by atoms with E-state index in [0.717, 1.165) is 15.9 Å². The van der Waals surface area contributed by atoms with Gasteiger partial charge < -0.3 is 9.15 Å². The van der Waals surface area contributed by atoms with Gasteiger partial charge in [-0.1, -0.05) is 42.1 Å². The van der Waals surface area contributed by atoms with Crippen LogP contribution in [0.5, 0.6) is 5.75 Å². The first-order chi connectivity index (χ1) is 13.2. The van der Waals surface area contributed by atoms with Crippen molar-refractivity contribution in [3.05, 3.63) is 72.5 Å². The van der Waals surface area contributed by atoms with E-state index in [9.17, 15) is 4.79 Å². The summed E-state index contributed by atoms with van der Waals surface area (Å²) in [7, 11) is 1.58. The summed E-state index contributed by atoms with van der Waals surface area (Å²) in [4.78, 5) is 21.8. The van der Waals surface area contributed by atoms with Crippen LogP contribution in [0.2, 0.25) is 0 Å². The number of fused-ring (bicyclic) bond motifs is 1. The van der Waals surface area contributed by atoms with Crippen molar-refractivity contribution in [3.8, 4) is 17.3 Å². The maximum Gasteiger partial charge on any atom is 0.197 e. The summed E-state index contributed by atoms with van der Waals surface area (Å²) in [5.74, 6) is 2.06. The molecule has 0 fully saturated rings. The van der Waals surface area contributed by atoms with Crippen LogP contribution in [-0.4, -0.2) is 28.6 Å². The van der Waals surface area contributed by atoms with Crippen LogP contribution in [0.3, 0.4) is 0 Å². The van der Waals surface area contributed by atoms with Gasteiger partial charge in [-0.05, 0) is 30.3 Å². The van der Waals surface area contributed by atoms with Gasteiger partial charge in [0.15, 0.2) is 17.4 Å². The second-order valence-electron chi connectivity index (χ2n) is 5.79. The molecule has 0 atom stereocenters. The second-order valence-corrected chi connectivity index (χ2v) is 6.75. The Morgan fingerprint density at radius 3 is 2.78 bits per heavy atom. The Bertz CT molecular complexity index is 1090. The molecule has 4 aromatic rings. The number of benzene rings is 2. The molecular formula is C21H16N2O3S. The lowest BCUT2D eigenvalue weighted by Crippen LogP contribution is -2.03. The molecule has 2 heterocycles. The van der Waals surface area contributed by atoms with Crippen LogP contribution in [0, 0.1) is 0 Å². The van der Waals surface area contributed by atoms with Gasteiger partial charge >= 0.3 is 0 Å². The molecule has 5 nitrogen and oxygen atoms in total. The molecule has 0 bridgehead atoms. The average molecular weight is 376 g/mol. The molecule has 0 saturated heterocycles. The van der Waals surface area contributed by atoms with E-state index in [2.05, 4.69) is 9.97 Å². The fourth-order valence-corrected chi connectivity index (χ4v) is 3.60. The summed E-state index contributed by atoms with van der Waals surface area (Å²) in [5, 5.41) is 1.67. The smallest absolute Gasteiger partial charge is 0.197 e. The van der Waals surface area contributed by atoms with Crippen molar-refractivity contribution < 1.29 is 13.9 Å². The van der Waals surface area contributed by atoms with Crippen LogP contribution in [0.1, 0.15) is 10.4 Å². The zero-order valence-corrected chi connectivity index (χ0v) is 15.4. The monoisotopic (exact) mass is 376 g/mol. The molecule has 0 aliphatic rings. The number of aromatic nitrogens is 2. The summed E-state index contributed by atoms with van der Waals surface area (Å²) in [6.45, 7) is 0. The predicted octanol–water partition coefficient (Wildman–Crippen LogP) is 4.87. The summed E-state index contributed by atoms with van der Waals surface area (Å²) in [6.07, 6.45) is 1.59. The van der Waals surface area contributed by atoms with Crippen molar-refractivity contribution in [1.82, 2.24) is 9.97 Å². The molecular weight excluding hydrogens is 360 g/mol. The third-order valence-electron chi connectivity index (χ3n) is 4.04. The standard InChI is InChI=1S/C21H16N2O3S/c1-25-15-7-4-6-14(12-15)18(24)13-27-21-16-8-2-3-9-17(16)22-20(23-21)19-10-5-11-26-19/h2-12H,13H2,1H3. The predicted molar refractivity (Wildman–Crippen MR) is 105 cm³/mol. The number of ether oxygens (including phenoxy) is 1. The summed E-state index contributed by atoms with van der Waals surface area (Å²) in [6, 6.07) is 18.5. The number of hydrogen-bond acceptors (Lipinski definition) is 6. The van der Waals surface area contributed by atoms with Crippen molar-refractivity contribution in [1.29, 1.82) is 0 Å². The maximum absolute atomic E-state index is 12.6. The number of Topliss-reactive ketones (excluding diaryl/α,β-unsaturated/α-hetero) is 1. The van der Waals surface area contributed by atoms with Crippen molar-refractivity contribution in [2.24, 2.45) is 0 Å². The number of hydrogen-bond donors (Lipinski definition) is 0. The normalized spacial score (nSPS) is 10.9. The molecule has 0 unspecified atom stereocenters. The highest BCUT2D eigenvalue weighted by atomic mass is 32.2. The number of furan rings is 1. The van der Waals surface area contributed by atoms with Crippen molar-refractivity contribution in [2.75, 3.05) is 12.9 Å². The second kappa shape index (κ2) is 7.63. The average Bonchev–Trinajstić information content (AvgIpc) is 3.26. The molecule has 0 N–H and O–H groups in total. The number of para-hydroxylation sites is 1. The van der Waals surface area contributed by atoms with Crippen molar-refractivity contribution >= 4 is 28.4 Å². The Morgan fingerprint density at radius 2 is 1.96 bits per heavy atom. The Kier molecular flexibility index (Phi) is 4.89. The van der Waals surface area contributed by atoms with Crippen LogP contribution in [0.15, 0.2) is 76.4 Å². The minimum absolute atomic E-state index is 0.0149. The molecule has 134 valence electrons. The number of carbonyl (C=O) groups excluding carboxylic acids is 1. The maximum atomic E-state index is 12.6. The highest BCUT2D eigenvalue weighted by Gasteiger charge is 2.14. The lowest BCUT2D eigenvalue weighted by atomic mass is 10.1. The zero-order valence-electron chi connectivity index (χ0n) is 14.6. The molecule has 0 aliphatic carbocycles. The lowest BCUT2D eigenvalue weighted by Gasteiger charge is -2.08. The van der Waals surface area contributed by atoms with Gasteiger partial charge in [-0.2, -0.15) is 0 Å². The van der Waals surface area contributed by atoms with Gasteiger partial charge in [0.2, 0.25) is 0 Å². The summed E-state index contributed by atoms with van der Waals surface area (Å²) < 4.78 is 10.6. The molecule has 0 aliphatic heterocycles. The van der Waals surface area contributed by atoms with E-state index >= 15 is 0 Å². The summed E-state index contributed by atoms with van der Waals surface area (Å²) in [5.41, 5.74) is 1.43. The lowest BCUT2D eigenvalue weighted by molar-refractivity contribution is 0.102. The van der Waals surface area contributed by atoms with Gasteiger partial charge in [-0.15, -0.1) is 0 Å². The number of nitrogens with zero attached hydrogens (tertiary/aromatic N) is 2. The van der Waals surface area contributed by atoms with Gasteiger partial charge in [0.05, 0.1) is 24.6 Å². The molecule has 0 amide bonds. The van der Waals surface area contributed by atoms with Crippen molar-refractivity contribution in [3.63, 3.8) is 0 Å². The Balaban J connectivity index is 1.63. The van der Waals surface area contributed by atoms with E-state index in [1.54, 1.807) is 31.6 Å². The van der Waals surface area contributed by atoms with Gasteiger partial charge in [0.25, 0.3) is 0 Å². The molecule has 27 heavy (non-hydrogen) atoms. The third-order valence-corrected chi connectivity index (χ3v) is 5.03. The fourth-order valence-electron chi connectivity index (χ4n) is 2.69. The van der Waals surface area contributed by atoms with Crippen molar-refractivity contribution in [2.45, 2.75) is 5.03 Å². The molecule has 2 aromatic heterocycles. The number of ketones is 1. The van der Waals surface area contributed by atoms with E-state index in [1.165, 1.54) is 11.8 Å². The van der Waals surface area contributed by atoms with Crippen LogP contribution >= 0.6 is 11.8 Å². The molecule has 0 radical (unpaired) electrons. The zero-order chi connectivity index (χ0) is 18.6. The van der Waals surface area contributed by atoms with Crippen LogP contribution in [-0.2, 0) is 0 Å². The number of rotatable bonds is 6. The topological polar surface area (TPSA) is 65.2 Å². The summed E-state index contributed by atoms with van der Waals surface area (Å²) >= 11 is 1.39. The van der Waals surface area contributed by atoms with E-state index in [0.29, 0.717) is 22.9 Å². The Hall–Kier alpha value is -3.12. The van der Waals surface area contributed by atoms with E-state index in [-0.39, 0.29) is 11.5 Å². The molecule has 4 rings (SSSR count). The molecule has 0 saturated carbocycles. The van der Waals surface area contributed by atoms with Gasteiger partial charge in [-0.25, -0.2) is 9.97 Å². The first-order valence-corrected chi connectivity index (χ1v) is 9.34. The minimum Gasteiger partial charge on any atom is -0.497 e. The van der Waals surface area contributed by atoms with Crippen LogP contribution in [0.25, 0.3) is 22.5 Å². The van der Waals surface area contributed by atoms with Crippen LogP contribution in [0.4, 0.5) is 0 Å². The number of thioether (sulfide) groups is 1. The number of carbonyl (C=O) groups is 1. The van der Waals surface area contributed by atoms with Gasteiger partial charge in [0, 0.05) is 10.9 Å². The number of methoxy groups -OCH3 is 1. The fraction of sp³-hybridized carbons (Fsp3) is 0.0952. The molecule has 0 spiro atoms. The Labute approximate surface area is 160 Å². The quantitative estimate of drug-likeness (QED) is 0.272. The van der Waals surface area contributed by atoms with Crippen LogP contribution < -0.4 is 4.74 Å². The third kappa shape index (κ3) is 3.71. The van der Waals surface area contributed by atoms with E-state index < -0.39 is 0 Å². The minimum atomic E-state index is 0.0149. The first-order valence-electron chi connectivity index (χ1n) is 8.35. The van der Waals surface area contributed by atoms with Gasteiger partial charge in [0.1, 0.15) is 10.8 Å². The van der Waals surface area contributed by atoms with E-state index in [1.807, 2.05) is 42.5 Å². The first kappa shape index (κ1) is 17.3. The Morgan fingerprint density at radius 1 is 1.07 bits per heavy atom.